The Labute approximate surface area is 83.8 Å². The number of anilines is 1. The summed E-state index contributed by atoms with van der Waals surface area (Å²) in [6.07, 6.45) is 2.27. The summed E-state index contributed by atoms with van der Waals surface area (Å²) < 4.78 is 0. The van der Waals surface area contributed by atoms with E-state index in [2.05, 4.69) is 4.98 Å². The number of hydrogen-bond donors (Lipinski definition) is 0. The SMILES string of the molecule is Cc1ccnc2c1CC(=O)N2C(C)C. The molecule has 1 aliphatic rings. The van der Waals surface area contributed by atoms with Crippen LogP contribution in [0, 0.1) is 6.92 Å². The third-order valence-electron chi connectivity index (χ3n) is 2.61. The molecule has 0 radical (unpaired) electrons. The van der Waals surface area contributed by atoms with Crippen molar-refractivity contribution in [3.05, 3.63) is 23.4 Å². The molecule has 0 saturated carbocycles. The van der Waals surface area contributed by atoms with E-state index in [9.17, 15) is 4.79 Å². The second kappa shape index (κ2) is 3.08. The van der Waals surface area contributed by atoms with Gasteiger partial charge in [0.25, 0.3) is 0 Å². The molecule has 2 heterocycles. The van der Waals surface area contributed by atoms with Crippen molar-refractivity contribution in [2.45, 2.75) is 33.2 Å². The second-order valence-electron chi connectivity index (χ2n) is 3.96. The standard InChI is InChI=1S/C11H14N2O/c1-7(2)13-10(14)6-9-8(3)4-5-12-11(9)13/h4-5,7H,6H2,1-3H3. The highest BCUT2D eigenvalue weighted by Crippen LogP contribution is 2.30. The van der Waals surface area contributed by atoms with E-state index in [1.165, 1.54) is 0 Å². The van der Waals surface area contributed by atoms with Gasteiger partial charge in [-0.1, -0.05) is 0 Å². The normalized spacial score (nSPS) is 15.1. The van der Waals surface area contributed by atoms with Gasteiger partial charge in [-0.2, -0.15) is 0 Å². The summed E-state index contributed by atoms with van der Waals surface area (Å²) in [4.78, 5) is 17.8. The van der Waals surface area contributed by atoms with E-state index in [4.69, 9.17) is 0 Å². The molecule has 3 heteroatoms. The van der Waals surface area contributed by atoms with Crippen LogP contribution in [0.15, 0.2) is 12.3 Å². The number of carbonyl (C=O) groups is 1. The van der Waals surface area contributed by atoms with Crippen molar-refractivity contribution < 1.29 is 4.79 Å². The molecule has 0 aromatic carbocycles. The minimum atomic E-state index is 0.164. The fourth-order valence-corrected chi connectivity index (χ4v) is 1.89. The van der Waals surface area contributed by atoms with E-state index >= 15 is 0 Å². The van der Waals surface area contributed by atoms with Crippen molar-refractivity contribution >= 4 is 11.7 Å². The number of nitrogens with zero attached hydrogens (tertiary/aromatic N) is 2. The van der Waals surface area contributed by atoms with Gasteiger partial charge in [0.05, 0.1) is 6.42 Å². The minimum Gasteiger partial charge on any atom is -0.294 e. The number of aromatic nitrogens is 1. The summed E-state index contributed by atoms with van der Waals surface area (Å²) in [5.41, 5.74) is 2.25. The van der Waals surface area contributed by atoms with Gasteiger partial charge in [-0.25, -0.2) is 4.98 Å². The van der Waals surface area contributed by atoms with Gasteiger partial charge in [-0.05, 0) is 32.4 Å². The average molecular weight is 190 g/mol. The Morgan fingerprint density at radius 2 is 2.21 bits per heavy atom. The summed E-state index contributed by atoms with van der Waals surface area (Å²) in [7, 11) is 0. The first-order valence-electron chi connectivity index (χ1n) is 4.88. The first-order chi connectivity index (χ1) is 6.61. The number of pyridine rings is 1. The van der Waals surface area contributed by atoms with Crippen LogP contribution in [0.2, 0.25) is 0 Å². The monoisotopic (exact) mass is 190 g/mol. The molecule has 0 spiro atoms. The van der Waals surface area contributed by atoms with Crippen molar-refractivity contribution in [2.75, 3.05) is 4.90 Å². The molecule has 0 N–H and O–H groups in total. The molecule has 0 aliphatic carbocycles. The van der Waals surface area contributed by atoms with Crippen LogP contribution in [-0.2, 0) is 11.2 Å². The van der Waals surface area contributed by atoms with Gasteiger partial charge < -0.3 is 0 Å². The van der Waals surface area contributed by atoms with Gasteiger partial charge in [0.2, 0.25) is 5.91 Å². The predicted molar refractivity (Wildman–Crippen MR) is 55.3 cm³/mol. The second-order valence-corrected chi connectivity index (χ2v) is 3.96. The van der Waals surface area contributed by atoms with Crippen LogP contribution >= 0.6 is 0 Å². The molecule has 0 atom stereocenters. The quantitative estimate of drug-likeness (QED) is 0.675. The summed E-state index contributed by atoms with van der Waals surface area (Å²) in [5.74, 6) is 1.02. The van der Waals surface area contributed by atoms with Gasteiger partial charge >= 0.3 is 0 Å². The van der Waals surface area contributed by atoms with Gasteiger partial charge in [0.1, 0.15) is 5.82 Å². The molecule has 2 rings (SSSR count). The number of hydrogen-bond acceptors (Lipinski definition) is 2. The molecular weight excluding hydrogens is 176 g/mol. The third-order valence-corrected chi connectivity index (χ3v) is 2.61. The van der Waals surface area contributed by atoms with Gasteiger partial charge in [-0.15, -0.1) is 0 Å². The predicted octanol–water partition coefficient (Wildman–Crippen LogP) is 1.69. The van der Waals surface area contributed by atoms with Crippen molar-refractivity contribution in [3.8, 4) is 0 Å². The van der Waals surface area contributed by atoms with Crippen LogP contribution in [-0.4, -0.2) is 16.9 Å². The first-order valence-corrected chi connectivity index (χ1v) is 4.88. The third kappa shape index (κ3) is 1.20. The lowest BCUT2D eigenvalue weighted by molar-refractivity contribution is -0.117. The highest BCUT2D eigenvalue weighted by Gasteiger charge is 2.31. The molecule has 0 fully saturated rings. The number of aryl methyl sites for hydroxylation is 1. The largest absolute Gasteiger partial charge is 0.294 e. The Morgan fingerprint density at radius 3 is 2.86 bits per heavy atom. The maximum atomic E-state index is 11.7. The zero-order valence-corrected chi connectivity index (χ0v) is 8.74. The van der Waals surface area contributed by atoms with Gasteiger partial charge in [0.15, 0.2) is 0 Å². The molecule has 0 saturated heterocycles. The van der Waals surface area contributed by atoms with Crippen molar-refractivity contribution in [1.82, 2.24) is 4.98 Å². The molecular formula is C11H14N2O. The van der Waals surface area contributed by atoms with E-state index in [1.54, 1.807) is 11.1 Å². The highest BCUT2D eigenvalue weighted by atomic mass is 16.2. The maximum Gasteiger partial charge on any atom is 0.232 e. The van der Waals surface area contributed by atoms with E-state index in [0.717, 1.165) is 16.9 Å². The van der Waals surface area contributed by atoms with E-state index < -0.39 is 0 Å². The topological polar surface area (TPSA) is 33.2 Å². The number of fused-ring (bicyclic) bond motifs is 1. The smallest absolute Gasteiger partial charge is 0.232 e. The van der Waals surface area contributed by atoms with Crippen molar-refractivity contribution in [2.24, 2.45) is 0 Å². The van der Waals surface area contributed by atoms with Crippen molar-refractivity contribution in [1.29, 1.82) is 0 Å². The van der Waals surface area contributed by atoms with Crippen LogP contribution in [0.5, 0.6) is 0 Å². The molecule has 1 aliphatic heterocycles. The highest BCUT2D eigenvalue weighted by molar-refractivity contribution is 6.00. The van der Waals surface area contributed by atoms with Crippen molar-refractivity contribution in [3.63, 3.8) is 0 Å². The number of rotatable bonds is 1. The Morgan fingerprint density at radius 1 is 1.50 bits per heavy atom. The lowest BCUT2D eigenvalue weighted by atomic mass is 10.1. The molecule has 74 valence electrons. The lowest BCUT2D eigenvalue weighted by Crippen LogP contribution is -2.33. The number of carbonyl (C=O) groups excluding carboxylic acids is 1. The van der Waals surface area contributed by atoms with E-state index in [1.807, 2.05) is 26.8 Å². The zero-order valence-electron chi connectivity index (χ0n) is 8.74. The zero-order chi connectivity index (χ0) is 10.3. The molecule has 14 heavy (non-hydrogen) atoms. The fourth-order valence-electron chi connectivity index (χ4n) is 1.89. The molecule has 1 amide bonds. The Bertz CT molecular complexity index is 385. The molecule has 1 aromatic rings. The van der Waals surface area contributed by atoms with Crippen LogP contribution in [0.3, 0.4) is 0 Å². The van der Waals surface area contributed by atoms with Gasteiger partial charge in [-0.3, -0.25) is 9.69 Å². The fraction of sp³-hybridized carbons (Fsp3) is 0.455. The Balaban J connectivity index is 2.53. The summed E-state index contributed by atoms with van der Waals surface area (Å²) in [6.45, 7) is 6.05. The first kappa shape index (κ1) is 9.19. The average Bonchev–Trinajstić information content (AvgIpc) is 2.42. The molecule has 0 bridgehead atoms. The summed E-state index contributed by atoms with van der Waals surface area (Å²) in [5, 5.41) is 0. The molecule has 0 unspecified atom stereocenters. The summed E-state index contributed by atoms with van der Waals surface area (Å²) >= 11 is 0. The Kier molecular flexibility index (Phi) is 2.02. The van der Waals surface area contributed by atoms with Gasteiger partial charge in [0, 0.05) is 17.8 Å². The summed E-state index contributed by atoms with van der Waals surface area (Å²) in [6, 6.07) is 2.15. The molecule has 3 nitrogen and oxygen atoms in total. The minimum absolute atomic E-state index is 0.164. The van der Waals surface area contributed by atoms with Crippen LogP contribution in [0.25, 0.3) is 0 Å². The lowest BCUT2D eigenvalue weighted by Gasteiger charge is -2.20. The van der Waals surface area contributed by atoms with Crippen LogP contribution in [0.1, 0.15) is 25.0 Å². The van der Waals surface area contributed by atoms with E-state index in [-0.39, 0.29) is 11.9 Å². The maximum absolute atomic E-state index is 11.7. The Hall–Kier alpha value is -1.38. The van der Waals surface area contributed by atoms with Crippen LogP contribution in [0.4, 0.5) is 5.82 Å². The van der Waals surface area contributed by atoms with E-state index in [0.29, 0.717) is 6.42 Å². The van der Waals surface area contributed by atoms with Crippen LogP contribution < -0.4 is 4.90 Å². The number of amides is 1. The molecule has 1 aromatic heterocycles.